The van der Waals surface area contributed by atoms with E-state index in [4.69, 9.17) is 9.47 Å². The summed E-state index contributed by atoms with van der Waals surface area (Å²) in [6.45, 7) is 3.87. The van der Waals surface area contributed by atoms with Crippen LogP contribution in [0.5, 0.6) is 11.5 Å². The highest BCUT2D eigenvalue weighted by Crippen LogP contribution is 2.35. The average molecular weight is 510 g/mol. The standard InChI is InChI=1S/C28H22F4N2O3/c1-3-5-20-12-19(14-25(36-2)26(20)37-17-18-8-10-23(29)11-9-18)13-21(16-33)27(35)34-24-7-4-6-22(15-24)28(30,31)32/h3-4,6-15H,1,5,17H2,2H3,(H,34,35)/b21-13+. The lowest BCUT2D eigenvalue weighted by atomic mass is 10.0. The molecule has 0 radical (unpaired) electrons. The third-order valence-corrected chi connectivity index (χ3v) is 5.16. The van der Waals surface area contributed by atoms with Crippen molar-refractivity contribution in [1.29, 1.82) is 5.26 Å². The van der Waals surface area contributed by atoms with Gasteiger partial charge in [-0.1, -0.05) is 24.3 Å². The molecule has 3 aromatic carbocycles. The summed E-state index contributed by atoms with van der Waals surface area (Å²) in [6.07, 6.45) is -1.28. The van der Waals surface area contributed by atoms with Gasteiger partial charge in [0.25, 0.3) is 5.91 Å². The monoisotopic (exact) mass is 510 g/mol. The first-order chi connectivity index (χ1) is 17.6. The molecule has 0 saturated heterocycles. The Balaban J connectivity index is 1.89. The number of amides is 1. The van der Waals surface area contributed by atoms with E-state index in [1.54, 1.807) is 36.4 Å². The van der Waals surface area contributed by atoms with Crippen LogP contribution in [0.3, 0.4) is 0 Å². The van der Waals surface area contributed by atoms with E-state index in [9.17, 15) is 27.6 Å². The first kappa shape index (κ1) is 27.0. The van der Waals surface area contributed by atoms with E-state index >= 15 is 0 Å². The molecule has 37 heavy (non-hydrogen) atoms. The summed E-state index contributed by atoms with van der Waals surface area (Å²) in [4.78, 5) is 12.6. The molecule has 0 spiro atoms. The van der Waals surface area contributed by atoms with Crippen molar-refractivity contribution < 1.29 is 31.8 Å². The van der Waals surface area contributed by atoms with Gasteiger partial charge in [0.05, 0.1) is 12.7 Å². The minimum atomic E-state index is -4.58. The number of halogens is 4. The van der Waals surface area contributed by atoms with Crippen LogP contribution >= 0.6 is 0 Å². The molecular formula is C28H22F4N2O3. The van der Waals surface area contributed by atoms with Gasteiger partial charge >= 0.3 is 6.18 Å². The number of allylic oxidation sites excluding steroid dienone is 1. The largest absolute Gasteiger partial charge is 0.493 e. The minimum absolute atomic E-state index is 0.101. The lowest BCUT2D eigenvalue weighted by Gasteiger charge is -2.16. The molecule has 3 aromatic rings. The molecule has 0 saturated carbocycles. The van der Waals surface area contributed by atoms with Crippen LogP contribution in [-0.4, -0.2) is 13.0 Å². The van der Waals surface area contributed by atoms with Crippen molar-refractivity contribution in [3.05, 3.63) is 107 Å². The van der Waals surface area contributed by atoms with Crippen molar-refractivity contribution in [3.63, 3.8) is 0 Å². The van der Waals surface area contributed by atoms with E-state index in [-0.39, 0.29) is 23.7 Å². The number of anilines is 1. The normalized spacial score (nSPS) is 11.4. The number of carbonyl (C=O) groups is 1. The Kier molecular flexibility index (Phi) is 8.69. The SMILES string of the molecule is C=CCc1cc(/C=C(\C#N)C(=O)Nc2cccc(C(F)(F)F)c2)cc(OC)c1OCc1ccc(F)cc1. The molecule has 0 fully saturated rings. The molecule has 1 amide bonds. The molecule has 0 bridgehead atoms. The van der Waals surface area contributed by atoms with Crippen LogP contribution in [0.1, 0.15) is 22.3 Å². The van der Waals surface area contributed by atoms with Gasteiger partial charge in [-0.3, -0.25) is 4.79 Å². The number of nitriles is 1. The van der Waals surface area contributed by atoms with Gasteiger partial charge in [0.1, 0.15) is 24.1 Å². The topological polar surface area (TPSA) is 71.4 Å². The predicted molar refractivity (Wildman–Crippen MR) is 131 cm³/mol. The second-order valence-corrected chi connectivity index (χ2v) is 7.82. The minimum Gasteiger partial charge on any atom is -0.493 e. The third kappa shape index (κ3) is 7.21. The zero-order valence-electron chi connectivity index (χ0n) is 19.7. The molecule has 3 rings (SSSR count). The number of rotatable bonds is 9. The smallest absolute Gasteiger partial charge is 0.416 e. The molecule has 0 aliphatic heterocycles. The van der Waals surface area contributed by atoms with Crippen LogP contribution < -0.4 is 14.8 Å². The number of hydrogen-bond donors (Lipinski definition) is 1. The van der Waals surface area contributed by atoms with Gasteiger partial charge in [-0.25, -0.2) is 4.39 Å². The summed E-state index contributed by atoms with van der Waals surface area (Å²) in [6, 6.07) is 14.9. The highest BCUT2D eigenvalue weighted by Gasteiger charge is 2.30. The van der Waals surface area contributed by atoms with Gasteiger partial charge in [0.2, 0.25) is 0 Å². The van der Waals surface area contributed by atoms with Crippen molar-refractivity contribution >= 4 is 17.7 Å². The van der Waals surface area contributed by atoms with E-state index in [0.717, 1.165) is 23.8 Å². The van der Waals surface area contributed by atoms with Crippen LogP contribution in [0.25, 0.3) is 6.08 Å². The molecule has 0 heterocycles. The summed E-state index contributed by atoms with van der Waals surface area (Å²) < 4.78 is 63.5. The second-order valence-electron chi connectivity index (χ2n) is 7.82. The Morgan fingerprint density at radius 2 is 1.86 bits per heavy atom. The van der Waals surface area contributed by atoms with Crippen molar-refractivity contribution in [3.8, 4) is 17.6 Å². The van der Waals surface area contributed by atoms with E-state index < -0.39 is 17.6 Å². The van der Waals surface area contributed by atoms with E-state index in [1.165, 1.54) is 31.4 Å². The number of alkyl halides is 3. The number of methoxy groups -OCH3 is 1. The van der Waals surface area contributed by atoms with Crippen molar-refractivity contribution in [2.24, 2.45) is 0 Å². The zero-order valence-corrected chi connectivity index (χ0v) is 19.7. The second kappa shape index (κ2) is 11.9. The first-order valence-electron chi connectivity index (χ1n) is 10.9. The predicted octanol–water partition coefficient (Wildman–Crippen LogP) is 6.71. The number of nitrogens with one attached hydrogen (secondary N) is 1. The summed E-state index contributed by atoms with van der Waals surface area (Å²) in [5.74, 6) is -0.503. The molecule has 5 nitrogen and oxygen atoms in total. The first-order valence-corrected chi connectivity index (χ1v) is 10.9. The Labute approximate surface area is 211 Å². The van der Waals surface area contributed by atoms with Gasteiger partial charge in [0, 0.05) is 11.3 Å². The Bertz CT molecular complexity index is 1360. The summed E-state index contributed by atoms with van der Waals surface area (Å²) >= 11 is 0. The number of carbonyl (C=O) groups excluding carboxylic acids is 1. The summed E-state index contributed by atoms with van der Waals surface area (Å²) in [5, 5.41) is 11.9. The molecule has 0 unspecified atom stereocenters. The van der Waals surface area contributed by atoms with Gasteiger partial charge in [-0.05, 0) is 66.1 Å². The quantitative estimate of drug-likeness (QED) is 0.150. The van der Waals surface area contributed by atoms with Crippen LogP contribution in [-0.2, 0) is 24.0 Å². The lowest BCUT2D eigenvalue weighted by molar-refractivity contribution is -0.137. The number of ether oxygens (including phenoxy) is 2. The molecule has 1 N–H and O–H groups in total. The van der Waals surface area contributed by atoms with Crippen molar-refractivity contribution in [2.75, 3.05) is 12.4 Å². The maximum absolute atomic E-state index is 13.2. The number of nitrogens with zero attached hydrogens (tertiary/aromatic N) is 1. The van der Waals surface area contributed by atoms with Crippen molar-refractivity contribution in [2.45, 2.75) is 19.2 Å². The Morgan fingerprint density at radius 3 is 2.49 bits per heavy atom. The highest BCUT2D eigenvalue weighted by molar-refractivity contribution is 6.09. The molecule has 0 aliphatic rings. The number of benzene rings is 3. The van der Waals surface area contributed by atoms with Crippen LogP contribution in [0.15, 0.2) is 78.9 Å². The molecule has 0 aromatic heterocycles. The van der Waals surface area contributed by atoms with E-state index in [1.807, 2.05) is 0 Å². The molecule has 0 aliphatic carbocycles. The maximum Gasteiger partial charge on any atom is 0.416 e. The van der Waals surface area contributed by atoms with Crippen LogP contribution in [0, 0.1) is 17.1 Å². The fourth-order valence-corrected chi connectivity index (χ4v) is 3.41. The molecular weight excluding hydrogens is 488 g/mol. The molecule has 9 heteroatoms. The Morgan fingerprint density at radius 1 is 1.14 bits per heavy atom. The van der Waals surface area contributed by atoms with Gasteiger partial charge in [-0.2, -0.15) is 18.4 Å². The molecule has 0 atom stereocenters. The maximum atomic E-state index is 13.2. The van der Waals surface area contributed by atoms with Gasteiger partial charge < -0.3 is 14.8 Å². The fourth-order valence-electron chi connectivity index (χ4n) is 3.41. The van der Waals surface area contributed by atoms with Crippen molar-refractivity contribution in [1.82, 2.24) is 0 Å². The highest BCUT2D eigenvalue weighted by atomic mass is 19.4. The van der Waals surface area contributed by atoms with E-state index in [2.05, 4.69) is 11.9 Å². The van der Waals surface area contributed by atoms with E-state index in [0.29, 0.717) is 29.0 Å². The zero-order chi connectivity index (χ0) is 27.0. The van der Waals surface area contributed by atoms with Gasteiger partial charge in [0.15, 0.2) is 11.5 Å². The van der Waals surface area contributed by atoms with Gasteiger partial charge in [-0.15, -0.1) is 6.58 Å². The lowest BCUT2D eigenvalue weighted by Crippen LogP contribution is -2.14. The average Bonchev–Trinajstić information content (AvgIpc) is 2.87. The summed E-state index contributed by atoms with van der Waals surface area (Å²) in [5.41, 5.74) is 0.453. The Hall–Kier alpha value is -4.58. The fraction of sp³-hybridized carbons (Fsp3) is 0.143. The summed E-state index contributed by atoms with van der Waals surface area (Å²) in [7, 11) is 1.43. The number of hydrogen-bond acceptors (Lipinski definition) is 4. The van der Waals surface area contributed by atoms with Crippen LogP contribution in [0.4, 0.5) is 23.2 Å². The molecule has 190 valence electrons. The third-order valence-electron chi connectivity index (χ3n) is 5.16. The van der Waals surface area contributed by atoms with Crippen LogP contribution in [0.2, 0.25) is 0 Å².